The van der Waals surface area contributed by atoms with Crippen molar-refractivity contribution in [3.05, 3.63) is 76.3 Å². The summed E-state index contributed by atoms with van der Waals surface area (Å²) in [5.74, 6) is -1.28. The fourth-order valence-corrected chi connectivity index (χ4v) is 6.08. The summed E-state index contributed by atoms with van der Waals surface area (Å²) < 4.78 is 48.7. The second-order valence-electron chi connectivity index (χ2n) is 8.19. The van der Waals surface area contributed by atoms with Crippen LogP contribution in [0.5, 0.6) is 0 Å². The Morgan fingerprint density at radius 2 is 1.91 bits per heavy atom. The Kier molecular flexibility index (Phi) is 8.56. The fraction of sp³-hybridized carbons (Fsp3) is 0.348. The first-order chi connectivity index (χ1) is 16.1. The highest BCUT2D eigenvalue weighted by Crippen LogP contribution is 2.30. The van der Waals surface area contributed by atoms with E-state index in [0.29, 0.717) is 12.2 Å². The molecule has 182 valence electrons. The number of aromatic nitrogens is 3. The minimum absolute atomic E-state index is 0.00720. The molecule has 1 heterocycles. The maximum absolute atomic E-state index is 13.7. The van der Waals surface area contributed by atoms with Crippen molar-refractivity contribution >= 4 is 31.9 Å². The van der Waals surface area contributed by atoms with Crippen LogP contribution in [0.1, 0.15) is 31.5 Å². The molecule has 0 saturated heterocycles. The van der Waals surface area contributed by atoms with Gasteiger partial charge in [-0.2, -0.15) is 4.31 Å². The Morgan fingerprint density at radius 1 is 1.21 bits per heavy atom. The molecule has 1 aromatic heterocycles. The molecule has 0 aliphatic rings. The number of rotatable bonds is 10. The SMILES string of the molecule is COC(=O)[C@H](CC(C)C)N(Cc1cn(Cc2ccccc2)nn1)S(=O)(=O)c1ccc(F)cc1Br. The van der Waals surface area contributed by atoms with Crippen molar-refractivity contribution in [2.45, 2.75) is 44.3 Å². The zero-order valence-corrected chi connectivity index (χ0v) is 21.5. The molecule has 0 aliphatic carbocycles. The first kappa shape index (κ1) is 26.0. The quantitative estimate of drug-likeness (QED) is 0.353. The van der Waals surface area contributed by atoms with Crippen LogP contribution in [0, 0.1) is 11.7 Å². The maximum Gasteiger partial charge on any atom is 0.324 e. The molecule has 0 bridgehead atoms. The van der Waals surface area contributed by atoms with E-state index < -0.39 is 27.9 Å². The number of carbonyl (C=O) groups is 1. The van der Waals surface area contributed by atoms with Crippen molar-refractivity contribution in [3.8, 4) is 0 Å². The number of nitrogens with zero attached hydrogens (tertiary/aromatic N) is 4. The van der Waals surface area contributed by atoms with Crippen molar-refractivity contribution in [1.29, 1.82) is 0 Å². The number of hydrogen-bond acceptors (Lipinski definition) is 6. The fourth-order valence-electron chi connectivity index (χ4n) is 3.51. The predicted molar refractivity (Wildman–Crippen MR) is 128 cm³/mol. The number of ether oxygens (including phenoxy) is 1. The molecule has 0 aliphatic heterocycles. The normalized spacial score (nSPS) is 12.8. The monoisotopic (exact) mass is 552 g/mol. The van der Waals surface area contributed by atoms with Gasteiger partial charge in [0, 0.05) is 4.47 Å². The van der Waals surface area contributed by atoms with E-state index in [4.69, 9.17) is 4.74 Å². The molecule has 1 atom stereocenters. The molecule has 0 radical (unpaired) electrons. The number of hydrogen-bond donors (Lipinski definition) is 0. The number of carbonyl (C=O) groups excluding carboxylic acids is 1. The van der Waals surface area contributed by atoms with Gasteiger partial charge in [-0.05, 0) is 52.0 Å². The molecule has 8 nitrogen and oxygen atoms in total. The summed E-state index contributed by atoms with van der Waals surface area (Å²) in [5, 5.41) is 8.23. The largest absolute Gasteiger partial charge is 0.468 e. The lowest BCUT2D eigenvalue weighted by atomic mass is 10.0. The Bertz CT molecular complexity index is 1230. The summed E-state index contributed by atoms with van der Waals surface area (Å²) >= 11 is 3.14. The molecule has 2 aromatic carbocycles. The van der Waals surface area contributed by atoms with Gasteiger partial charge in [0.05, 0.1) is 37.0 Å². The van der Waals surface area contributed by atoms with Crippen molar-refractivity contribution in [2.24, 2.45) is 5.92 Å². The highest BCUT2D eigenvalue weighted by Gasteiger charge is 2.38. The summed E-state index contributed by atoms with van der Waals surface area (Å²) in [7, 11) is -3.04. The molecule has 0 fully saturated rings. The van der Waals surface area contributed by atoms with Gasteiger partial charge in [-0.3, -0.25) is 4.79 Å². The molecule has 34 heavy (non-hydrogen) atoms. The van der Waals surface area contributed by atoms with Crippen LogP contribution in [0.4, 0.5) is 4.39 Å². The summed E-state index contributed by atoms with van der Waals surface area (Å²) in [6, 6.07) is 11.8. The lowest BCUT2D eigenvalue weighted by Gasteiger charge is -2.29. The first-order valence-corrected chi connectivity index (χ1v) is 12.8. The summed E-state index contributed by atoms with van der Waals surface area (Å²) in [6.07, 6.45) is 1.86. The molecule has 0 amide bonds. The number of sulfonamides is 1. The third-order valence-corrected chi connectivity index (χ3v) is 7.92. The number of methoxy groups -OCH3 is 1. The number of benzene rings is 2. The molecule has 0 unspecified atom stereocenters. The predicted octanol–water partition coefficient (Wildman–Crippen LogP) is 4.01. The highest BCUT2D eigenvalue weighted by molar-refractivity contribution is 9.10. The van der Waals surface area contributed by atoms with Crippen molar-refractivity contribution < 1.29 is 22.3 Å². The summed E-state index contributed by atoms with van der Waals surface area (Å²) in [4.78, 5) is 12.5. The van der Waals surface area contributed by atoms with Gasteiger partial charge >= 0.3 is 5.97 Å². The molecule has 3 aromatic rings. The van der Waals surface area contributed by atoms with E-state index in [2.05, 4.69) is 26.2 Å². The van der Waals surface area contributed by atoms with Gasteiger partial charge < -0.3 is 4.74 Å². The molecule has 0 N–H and O–H groups in total. The van der Waals surface area contributed by atoms with Crippen molar-refractivity contribution in [2.75, 3.05) is 7.11 Å². The zero-order chi connectivity index (χ0) is 24.9. The van der Waals surface area contributed by atoms with E-state index in [1.54, 1.807) is 10.9 Å². The molecule has 0 saturated carbocycles. The third kappa shape index (κ3) is 6.28. The third-order valence-electron chi connectivity index (χ3n) is 5.09. The smallest absolute Gasteiger partial charge is 0.324 e. The van der Waals surface area contributed by atoms with Crippen molar-refractivity contribution in [3.63, 3.8) is 0 Å². The van der Waals surface area contributed by atoms with Crippen LogP contribution in [-0.2, 0) is 32.6 Å². The molecule has 11 heteroatoms. The first-order valence-electron chi connectivity index (χ1n) is 10.6. The van der Waals surface area contributed by atoms with Crippen LogP contribution in [0.25, 0.3) is 0 Å². The van der Waals surface area contributed by atoms with Crippen LogP contribution < -0.4 is 0 Å². The Balaban J connectivity index is 2.00. The van der Waals surface area contributed by atoms with Gasteiger partial charge in [-0.1, -0.05) is 49.4 Å². The lowest BCUT2D eigenvalue weighted by Crippen LogP contribution is -2.46. The average molecular weight is 553 g/mol. The second-order valence-corrected chi connectivity index (χ2v) is 10.9. The lowest BCUT2D eigenvalue weighted by molar-refractivity contribution is -0.145. The van der Waals surface area contributed by atoms with E-state index in [-0.39, 0.29) is 28.3 Å². The van der Waals surface area contributed by atoms with E-state index in [0.717, 1.165) is 28.1 Å². The van der Waals surface area contributed by atoms with Gasteiger partial charge in [-0.15, -0.1) is 5.10 Å². The van der Waals surface area contributed by atoms with E-state index in [1.165, 1.54) is 7.11 Å². The second kappa shape index (κ2) is 11.2. The molecule has 0 spiro atoms. The van der Waals surface area contributed by atoms with Gasteiger partial charge in [0.1, 0.15) is 11.9 Å². The molecular formula is C23H26BrFN4O4S. The maximum atomic E-state index is 13.7. The van der Waals surface area contributed by atoms with Gasteiger partial charge in [0.15, 0.2) is 0 Å². The van der Waals surface area contributed by atoms with E-state index >= 15 is 0 Å². The minimum Gasteiger partial charge on any atom is -0.468 e. The highest BCUT2D eigenvalue weighted by atomic mass is 79.9. The van der Waals surface area contributed by atoms with E-state index in [1.807, 2.05) is 44.2 Å². The number of esters is 1. The van der Waals surface area contributed by atoms with Gasteiger partial charge in [0.2, 0.25) is 10.0 Å². The van der Waals surface area contributed by atoms with Gasteiger partial charge in [0.25, 0.3) is 0 Å². The van der Waals surface area contributed by atoms with Crippen LogP contribution in [0.2, 0.25) is 0 Å². The Hall–Kier alpha value is -2.63. The van der Waals surface area contributed by atoms with Crippen LogP contribution >= 0.6 is 15.9 Å². The molecular weight excluding hydrogens is 527 g/mol. The van der Waals surface area contributed by atoms with Gasteiger partial charge in [-0.25, -0.2) is 17.5 Å². The standard InChI is InChI=1S/C23H26BrFN4O4S/c1-16(2)11-21(23(30)33-3)29(34(31,32)22-10-9-18(25)12-20(22)24)15-19-14-28(27-26-19)13-17-7-5-4-6-8-17/h4-10,12,14,16,21H,11,13,15H2,1-3H3/t21-/m0/s1. The van der Waals surface area contributed by atoms with Crippen LogP contribution in [-0.4, -0.2) is 46.8 Å². The average Bonchev–Trinajstić information content (AvgIpc) is 3.22. The van der Waals surface area contributed by atoms with Crippen molar-refractivity contribution in [1.82, 2.24) is 19.3 Å². The Morgan fingerprint density at radius 3 is 2.53 bits per heavy atom. The molecule has 3 rings (SSSR count). The van der Waals surface area contributed by atoms with E-state index in [9.17, 15) is 17.6 Å². The van der Waals surface area contributed by atoms with Crippen LogP contribution in [0.15, 0.2) is 64.1 Å². The summed E-state index contributed by atoms with van der Waals surface area (Å²) in [5.41, 5.74) is 1.36. The van der Waals surface area contributed by atoms with Crippen LogP contribution in [0.3, 0.4) is 0 Å². The Labute approximate surface area is 206 Å². The number of halogens is 2. The zero-order valence-electron chi connectivity index (χ0n) is 19.1. The summed E-state index contributed by atoms with van der Waals surface area (Å²) in [6.45, 7) is 4.00. The minimum atomic E-state index is -4.25. The topological polar surface area (TPSA) is 94.4 Å².